The molecule has 8 heteroatoms. The SMILES string of the molecule is COc1ccc2c(c1)nc([S@@](=O)Cc1ncc(C)c(OC)c1C)n2NC12CC3CC(CC(C3)C1)C2. The van der Waals surface area contributed by atoms with Crippen LogP contribution in [0.1, 0.15) is 55.3 Å². The number of fused-ring (bicyclic) bond motifs is 1. The summed E-state index contributed by atoms with van der Waals surface area (Å²) in [5.74, 6) is 4.26. The summed E-state index contributed by atoms with van der Waals surface area (Å²) in [7, 11) is 1.93. The Morgan fingerprint density at radius 2 is 1.77 bits per heavy atom. The van der Waals surface area contributed by atoms with Gasteiger partial charge in [-0.15, -0.1) is 0 Å². The van der Waals surface area contributed by atoms with Crippen LogP contribution >= 0.6 is 0 Å². The fourth-order valence-corrected chi connectivity index (χ4v) is 8.53. The standard InChI is InChI=1S/C27H34N4O3S/c1-16-14-28-23(17(2)25(16)34-4)15-35(32)26-29-22-10-21(33-3)5-6-24(22)31(26)30-27-11-18-7-19(12-27)9-20(8-18)13-27/h5-6,10,14,18-20,30H,7-9,11-13,15H2,1-4H3/t18?,19?,20?,27?,35-/m0/s1. The van der Waals surface area contributed by atoms with Gasteiger partial charge in [0.15, 0.2) is 0 Å². The summed E-state index contributed by atoms with van der Waals surface area (Å²) in [5.41, 5.74) is 8.37. The number of ether oxygens (including phenoxy) is 2. The van der Waals surface area contributed by atoms with E-state index in [9.17, 15) is 4.21 Å². The molecule has 0 radical (unpaired) electrons. The van der Waals surface area contributed by atoms with Gasteiger partial charge in [-0.1, -0.05) is 0 Å². The molecule has 1 atom stereocenters. The first kappa shape index (κ1) is 22.8. The van der Waals surface area contributed by atoms with Gasteiger partial charge in [0.1, 0.15) is 11.5 Å². The molecule has 4 saturated carbocycles. The van der Waals surface area contributed by atoms with Crippen molar-refractivity contribution in [2.75, 3.05) is 19.6 Å². The van der Waals surface area contributed by atoms with Gasteiger partial charge in [0.2, 0.25) is 5.16 Å². The first-order valence-corrected chi connectivity index (χ1v) is 13.9. The third-order valence-electron chi connectivity index (χ3n) is 8.44. The average molecular weight is 495 g/mol. The van der Waals surface area contributed by atoms with E-state index >= 15 is 0 Å². The second kappa shape index (κ2) is 8.50. The number of rotatable bonds is 7. The largest absolute Gasteiger partial charge is 0.497 e. The van der Waals surface area contributed by atoms with Crippen molar-refractivity contribution in [3.05, 3.63) is 41.2 Å². The molecular formula is C27H34N4O3S. The molecule has 4 aliphatic rings. The van der Waals surface area contributed by atoms with Gasteiger partial charge < -0.3 is 14.9 Å². The maximum atomic E-state index is 13.9. The molecule has 1 N–H and O–H groups in total. The minimum Gasteiger partial charge on any atom is -0.497 e. The molecule has 7 nitrogen and oxygen atoms in total. The zero-order valence-corrected chi connectivity index (χ0v) is 21.8. The maximum Gasteiger partial charge on any atom is 0.219 e. The van der Waals surface area contributed by atoms with Crippen molar-refractivity contribution in [1.82, 2.24) is 14.6 Å². The van der Waals surface area contributed by atoms with Crippen LogP contribution in [0.4, 0.5) is 0 Å². The van der Waals surface area contributed by atoms with E-state index < -0.39 is 10.8 Å². The lowest BCUT2D eigenvalue weighted by Crippen LogP contribution is -2.57. The van der Waals surface area contributed by atoms with Gasteiger partial charge in [0.25, 0.3) is 0 Å². The van der Waals surface area contributed by atoms with Crippen LogP contribution in [0.25, 0.3) is 11.0 Å². The molecule has 1 aromatic carbocycles. The zero-order valence-electron chi connectivity index (χ0n) is 21.0. The molecule has 0 spiro atoms. The van der Waals surface area contributed by atoms with E-state index in [4.69, 9.17) is 14.5 Å². The van der Waals surface area contributed by atoms with Crippen LogP contribution in [0.5, 0.6) is 11.5 Å². The van der Waals surface area contributed by atoms with E-state index in [1.54, 1.807) is 20.4 Å². The first-order chi connectivity index (χ1) is 16.9. The monoisotopic (exact) mass is 494 g/mol. The molecule has 0 aliphatic heterocycles. The van der Waals surface area contributed by atoms with E-state index in [-0.39, 0.29) is 11.3 Å². The third kappa shape index (κ3) is 3.90. The van der Waals surface area contributed by atoms with Gasteiger partial charge in [-0.2, -0.15) is 0 Å². The fraction of sp³-hybridized carbons (Fsp3) is 0.556. The Morgan fingerprint density at radius 3 is 2.40 bits per heavy atom. The second-order valence-corrected chi connectivity index (χ2v) is 12.3. The molecule has 35 heavy (non-hydrogen) atoms. The number of nitrogens with one attached hydrogen (secondary N) is 1. The summed E-state index contributed by atoms with van der Waals surface area (Å²) in [6.07, 6.45) is 9.50. The zero-order chi connectivity index (χ0) is 24.3. The lowest BCUT2D eigenvalue weighted by Gasteiger charge is -2.57. The van der Waals surface area contributed by atoms with Crippen molar-refractivity contribution in [2.24, 2.45) is 17.8 Å². The Bertz CT molecular complexity index is 1280. The predicted octanol–water partition coefficient (Wildman–Crippen LogP) is 4.89. The predicted molar refractivity (Wildman–Crippen MR) is 137 cm³/mol. The number of aromatic nitrogens is 3. The van der Waals surface area contributed by atoms with Crippen LogP contribution in [0.15, 0.2) is 29.6 Å². The second-order valence-electron chi connectivity index (χ2n) is 10.9. The van der Waals surface area contributed by atoms with Gasteiger partial charge in [-0.05, 0) is 82.3 Å². The van der Waals surface area contributed by atoms with Crippen LogP contribution in [0, 0.1) is 31.6 Å². The number of methoxy groups -OCH3 is 2. The molecule has 4 fully saturated rings. The van der Waals surface area contributed by atoms with Crippen LogP contribution in [0.3, 0.4) is 0 Å². The minimum atomic E-state index is -1.40. The van der Waals surface area contributed by atoms with E-state index in [1.807, 2.05) is 36.7 Å². The first-order valence-electron chi connectivity index (χ1n) is 12.6. The van der Waals surface area contributed by atoms with Crippen LogP contribution in [-0.2, 0) is 16.6 Å². The highest BCUT2D eigenvalue weighted by Gasteiger charge is 2.51. The smallest absolute Gasteiger partial charge is 0.219 e. The minimum absolute atomic E-state index is 0.0580. The molecule has 2 heterocycles. The van der Waals surface area contributed by atoms with E-state index in [1.165, 1.54) is 38.5 Å². The van der Waals surface area contributed by atoms with Crippen molar-refractivity contribution >= 4 is 21.8 Å². The molecule has 0 saturated heterocycles. The molecule has 0 amide bonds. The fourth-order valence-electron chi connectivity index (χ4n) is 7.32. The van der Waals surface area contributed by atoms with E-state index in [0.717, 1.165) is 57.1 Å². The van der Waals surface area contributed by atoms with Gasteiger partial charge in [0.05, 0.1) is 53.0 Å². The van der Waals surface area contributed by atoms with Crippen molar-refractivity contribution < 1.29 is 13.7 Å². The topological polar surface area (TPSA) is 78.3 Å². The number of hydrogen-bond acceptors (Lipinski definition) is 6. The molecule has 3 aromatic rings. The number of hydrogen-bond donors (Lipinski definition) is 1. The average Bonchev–Trinajstić information content (AvgIpc) is 3.17. The summed E-state index contributed by atoms with van der Waals surface area (Å²) in [6, 6.07) is 5.89. The lowest BCUT2D eigenvalue weighted by atomic mass is 9.53. The van der Waals surface area contributed by atoms with Gasteiger partial charge in [-0.3, -0.25) is 9.19 Å². The Labute approximate surface area is 209 Å². The highest BCUT2D eigenvalue weighted by molar-refractivity contribution is 7.84. The quantitative estimate of drug-likeness (QED) is 0.504. The Morgan fingerprint density at radius 1 is 1.09 bits per heavy atom. The summed E-state index contributed by atoms with van der Waals surface area (Å²) in [5, 5.41) is 0.546. The summed E-state index contributed by atoms with van der Waals surface area (Å²) < 4.78 is 26.9. The molecule has 4 bridgehead atoms. The number of pyridine rings is 1. The Hall–Kier alpha value is -2.61. The number of aryl methyl sites for hydroxylation is 1. The van der Waals surface area contributed by atoms with Gasteiger partial charge in [-0.25, -0.2) is 9.66 Å². The van der Waals surface area contributed by atoms with Gasteiger partial charge in [0, 0.05) is 23.4 Å². The molecular weight excluding hydrogens is 460 g/mol. The van der Waals surface area contributed by atoms with Crippen molar-refractivity contribution in [3.8, 4) is 11.5 Å². The highest BCUT2D eigenvalue weighted by Crippen LogP contribution is 2.56. The summed E-state index contributed by atoms with van der Waals surface area (Å²) in [6.45, 7) is 3.95. The number of imidazole rings is 1. The maximum absolute atomic E-state index is 13.9. The molecule has 186 valence electrons. The van der Waals surface area contributed by atoms with E-state index in [2.05, 4.69) is 10.4 Å². The van der Waals surface area contributed by atoms with Crippen molar-refractivity contribution in [2.45, 2.75) is 68.8 Å². The Kier molecular flexibility index (Phi) is 5.55. The Balaban J connectivity index is 1.39. The van der Waals surface area contributed by atoms with Crippen molar-refractivity contribution in [1.29, 1.82) is 0 Å². The normalized spacial score (nSPS) is 27.8. The van der Waals surface area contributed by atoms with Crippen LogP contribution in [-0.4, -0.2) is 38.6 Å². The molecule has 0 unspecified atom stereocenters. The number of nitrogens with zero attached hydrogens (tertiary/aromatic N) is 3. The van der Waals surface area contributed by atoms with E-state index in [0.29, 0.717) is 5.16 Å². The molecule has 2 aromatic heterocycles. The van der Waals surface area contributed by atoms with Crippen LogP contribution < -0.4 is 14.9 Å². The number of benzene rings is 1. The summed E-state index contributed by atoms with van der Waals surface area (Å²) in [4.78, 5) is 9.46. The van der Waals surface area contributed by atoms with Gasteiger partial charge >= 0.3 is 0 Å². The third-order valence-corrected chi connectivity index (χ3v) is 9.66. The molecule has 7 rings (SSSR count). The van der Waals surface area contributed by atoms with Crippen molar-refractivity contribution in [3.63, 3.8) is 0 Å². The highest BCUT2D eigenvalue weighted by atomic mass is 32.2. The molecule has 4 aliphatic carbocycles. The lowest BCUT2D eigenvalue weighted by molar-refractivity contribution is 0.00447. The van der Waals surface area contributed by atoms with Crippen LogP contribution in [0.2, 0.25) is 0 Å². The summed E-state index contributed by atoms with van der Waals surface area (Å²) >= 11 is 0.